The quantitative estimate of drug-likeness (QED) is 0.195. The smallest absolute Gasteiger partial charge is 0.338 e. The van der Waals surface area contributed by atoms with Crippen LogP contribution in [-0.4, -0.2) is 19.2 Å². The van der Waals surface area contributed by atoms with E-state index in [1.807, 2.05) is 24.3 Å². The minimum atomic E-state index is -0.229. The first-order chi connectivity index (χ1) is 15.2. The van der Waals surface area contributed by atoms with E-state index >= 15 is 0 Å². The van der Waals surface area contributed by atoms with Crippen molar-refractivity contribution in [2.45, 2.75) is 110 Å². The molecule has 0 N–H and O–H groups in total. The van der Waals surface area contributed by atoms with Crippen LogP contribution in [0.5, 0.6) is 5.75 Å². The lowest BCUT2D eigenvalue weighted by molar-refractivity contribution is 0.0497. The molecule has 0 unspecified atom stereocenters. The van der Waals surface area contributed by atoms with Crippen LogP contribution in [0.25, 0.3) is 0 Å². The lowest BCUT2D eigenvalue weighted by atomic mass is 9.78. The molecule has 176 valence electrons. The normalized spacial score (nSPS) is 18.6. The molecule has 31 heavy (non-hydrogen) atoms. The molecule has 0 spiro atoms. The Morgan fingerprint density at radius 1 is 0.742 bits per heavy atom. The summed E-state index contributed by atoms with van der Waals surface area (Å²) in [5.41, 5.74) is 0.608. The number of esters is 1. The van der Waals surface area contributed by atoms with E-state index in [1.165, 1.54) is 77.0 Å². The standard InChI is InChI=1S/C28H46O3/c1-3-5-7-8-10-22-31-28(29)26-18-20-27(21-19-26)30-23-11-13-25-16-14-24(15-17-25)12-9-6-4-2/h18-21,24-25H,3-17,22-23H2,1-2H3. The molecular weight excluding hydrogens is 384 g/mol. The summed E-state index contributed by atoms with van der Waals surface area (Å²) in [7, 11) is 0. The van der Waals surface area contributed by atoms with Crippen LogP contribution in [0.15, 0.2) is 24.3 Å². The van der Waals surface area contributed by atoms with Gasteiger partial charge in [-0.15, -0.1) is 0 Å². The van der Waals surface area contributed by atoms with Crippen molar-refractivity contribution in [1.29, 1.82) is 0 Å². The van der Waals surface area contributed by atoms with Crippen molar-refractivity contribution in [1.82, 2.24) is 0 Å². The van der Waals surface area contributed by atoms with E-state index in [0.29, 0.717) is 12.2 Å². The number of rotatable bonds is 16. The van der Waals surface area contributed by atoms with Gasteiger partial charge in [-0.05, 0) is 55.4 Å². The minimum absolute atomic E-state index is 0.229. The molecule has 0 saturated heterocycles. The fourth-order valence-electron chi connectivity index (χ4n) is 4.69. The van der Waals surface area contributed by atoms with Gasteiger partial charge in [-0.3, -0.25) is 0 Å². The maximum absolute atomic E-state index is 12.1. The lowest BCUT2D eigenvalue weighted by Crippen LogP contribution is -2.15. The van der Waals surface area contributed by atoms with Crippen LogP contribution in [0.2, 0.25) is 0 Å². The topological polar surface area (TPSA) is 35.5 Å². The van der Waals surface area contributed by atoms with Crippen molar-refractivity contribution < 1.29 is 14.3 Å². The van der Waals surface area contributed by atoms with E-state index in [9.17, 15) is 4.79 Å². The summed E-state index contributed by atoms with van der Waals surface area (Å²) < 4.78 is 11.3. The van der Waals surface area contributed by atoms with Crippen molar-refractivity contribution in [3.8, 4) is 5.75 Å². The predicted octanol–water partition coefficient (Wildman–Crippen LogP) is 8.36. The highest BCUT2D eigenvalue weighted by atomic mass is 16.5. The van der Waals surface area contributed by atoms with Gasteiger partial charge >= 0.3 is 5.97 Å². The Kier molecular flexibility index (Phi) is 13.4. The third-order valence-electron chi connectivity index (χ3n) is 6.78. The Bertz CT molecular complexity index is 572. The molecule has 2 rings (SSSR count). The first-order valence-corrected chi connectivity index (χ1v) is 13.1. The van der Waals surface area contributed by atoms with Crippen molar-refractivity contribution in [2.75, 3.05) is 13.2 Å². The number of carbonyl (C=O) groups excluding carboxylic acids is 1. The Morgan fingerprint density at radius 2 is 1.32 bits per heavy atom. The third kappa shape index (κ3) is 11.1. The van der Waals surface area contributed by atoms with E-state index in [-0.39, 0.29) is 5.97 Å². The van der Waals surface area contributed by atoms with Crippen LogP contribution < -0.4 is 4.74 Å². The number of ether oxygens (including phenoxy) is 2. The Balaban J connectivity index is 1.53. The van der Waals surface area contributed by atoms with E-state index < -0.39 is 0 Å². The fourth-order valence-corrected chi connectivity index (χ4v) is 4.69. The summed E-state index contributed by atoms with van der Waals surface area (Å²) in [5, 5.41) is 0. The zero-order valence-corrected chi connectivity index (χ0v) is 20.2. The maximum atomic E-state index is 12.1. The molecule has 0 aliphatic heterocycles. The van der Waals surface area contributed by atoms with Gasteiger partial charge in [0.2, 0.25) is 0 Å². The zero-order valence-electron chi connectivity index (χ0n) is 20.2. The number of benzene rings is 1. The second-order valence-electron chi connectivity index (χ2n) is 9.45. The largest absolute Gasteiger partial charge is 0.494 e. The fraction of sp³-hybridized carbons (Fsp3) is 0.750. The highest BCUT2D eigenvalue weighted by Gasteiger charge is 2.20. The first kappa shape index (κ1) is 25.7. The summed E-state index contributed by atoms with van der Waals surface area (Å²) in [6.07, 6.45) is 19.5. The Morgan fingerprint density at radius 3 is 1.97 bits per heavy atom. The maximum Gasteiger partial charge on any atom is 0.338 e. The summed E-state index contributed by atoms with van der Waals surface area (Å²) in [6.45, 7) is 5.77. The minimum Gasteiger partial charge on any atom is -0.494 e. The van der Waals surface area contributed by atoms with Crippen molar-refractivity contribution in [3.63, 3.8) is 0 Å². The van der Waals surface area contributed by atoms with Crippen molar-refractivity contribution in [2.24, 2.45) is 11.8 Å². The average Bonchev–Trinajstić information content (AvgIpc) is 2.80. The van der Waals surface area contributed by atoms with E-state index in [0.717, 1.165) is 43.5 Å². The van der Waals surface area contributed by atoms with Gasteiger partial charge in [0, 0.05) is 0 Å². The van der Waals surface area contributed by atoms with E-state index in [2.05, 4.69) is 13.8 Å². The summed E-state index contributed by atoms with van der Waals surface area (Å²) >= 11 is 0. The van der Waals surface area contributed by atoms with E-state index in [4.69, 9.17) is 9.47 Å². The van der Waals surface area contributed by atoms with Gasteiger partial charge in [0.1, 0.15) is 5.75 Å². The molecule has 1 saturated carbocycles. The van der Waals surface area contributed by atoms with Crippen LogP contribution in [0.4, 0.5) is 0 Å². The molecule has 0 radical (unpaired) electrons. The zero-order chi connectivity index (χ0) is 22.2. The van der Waals surface area contributed by atoms with Gasteiger partial charge in [0.05, 0.1) is 18.8 Å². The van der Waals surface area contributed by atoms with E-state index in [1.54, 1.807) is 0 Å². The molecular formula is C28H46O3. The molecule has 1 aliphatic carbocycles. The molecule has 0 heterocycles. The molecule has 0 aromatic heterocycles. The molecule has 3 nitrogen and oxygen atoms in total. The van der Waals surface area contributed by atoms with Gasteiger partial charge < -0.3 is 9.47 Å². The van der Waals surface area contributed by atoms with Crippen molar-refractivity contribution >= 4 is 5.97 Å². The Hall–Kier alpha value is -1.51. The number of unbranched alkanes of at least 4 members (excludes halogenated alkanes) is 6. The van der Waals surface area contributed by atoms with Gasteiger partial charge in [0.25, 0.3) is 0 Å². The second-order valence-corrected chi connectivity index (χ2v) is 9.45. The molecule has 0 atom stereocenters. The summed E-state index contributed by atoms with van der Waals surface area (Å²) in [4.78, 5) is 12.1. The first-order valence-electron chi connectivity index (χ1n) is 13.1. The van der Waals surface area contributed by atoms with Crippen LogP contribution >= 0.6 is 0 Å². The number of hydrogen-bond donors (Lipinski definition) is 0. The van der Waals surface area contributed by atoms with Crippen LogP contribution in [-0.2, 0) is 4.74 Å². The molecule has 0 amide bonds. The number of hydrogen-bond acceptors (Lipinski definition) is 3. The monoisotopic (exact) mass is 430 g/mol. The Labute approximate surface area is 191 Å². The SMILES string of the molecule is CCCCCCCOC(=O)c1ccc(OCCCC2CCC(CCCCC)CC2)cc1. The summed E-state index contributed by atoms with van der Waals surface area (Å²) in [5.74, 6) is 2.50. The van der Waals surface area contributed by atoms with Crippen molar-refractivity contribution in [3.05, 3.63) is 29.8 Å². The highest BCUT2D eigenvalue weighted by Crippen LogP contribution is 2.34. The van der Waals surface area contributed by atoms with Gasteiger partial charge in [-0.1, -0.05) is 90.9 Å². The average molecular weight is 431 g/mol. The van der Waals surface area contributed by atoms with Crippen LogP contribution in [0, 0.1) is 11.8 Å². The van der Waals surface area contributed by atoms with Gasteiger partial charge in [0.15, 0.2) is 0 Å². The number of carbonyl (C=O) groups is 1. The molecule has 3 heteroatoms. The molecule has 1 aromatic carbocycles. The van der Waals surface area contributed by atoms with Gasteiger partial charge in [-0.2, -0.15) is 0 Å². The highest BCUT2D eigenvalue weighted by molar-refractivity contribution is 5.89. The predicted molar refractivity (Wildman–Crippen MR) is 130 cm³/mol. The van der Waals surface area contributed by atoms with Gasteiger partial charge in [-0.25, -0.2) is 4.79 Å². The third-order valence-corrected chi connectivity index (χ3v) is 6.78. The lowest BCUT2D eigenvalue weighted by Gasteiger charge is -2.28. The summed E-state index contributed by atoms with van der Waals surface area (Å²) in [6, 6.07) is 7.40. The molecule has 1 aromatic rings. The second kappa shape index (κ2) is 16.2. The molecule has 0 bridgehead atoms. The van der Waals surface area contributed by atoms with Crippen LogP contribution in [0.1, 0.15) is 121 Å². The molecule has 1 aliphatic rings. The molecule has 1 fully saturated rings. The van der Waals surface area contributed by atoms with Crippen LogP contribution in [0.3, 0.4) is 0 Å².